The zero-order valence-electron chi connectivity index (χ0n) is 12.2. The Kier molecular flexibility index (Phi) is 4.57. The van der Waals surface area contributed by atoms with Crippen LogP contribution in [0.25, 0.3) is 0 Å². The molecule has 0 bridgehead atoms. The maximum atomic E-state index is 9.70. The van der Waals surface area contributed by atoms with Gasteiger partial charge in [0.2, 0.25) is 0 Å². The maximum Gasteiger partial charge on any atom is 0.0772 e. The van der Waals surface area contributed by atoms with Crippen molar-refractivity contribution in [3.63, 3.8) is 0 Å². The molecule has 4 atom stereocenters. The Balaban J connectivity index is 2.28. The summed E-state index contributed by atoms with van der Waals surface area (Å²) in [5, 5.41) is 9.70. The van der Waals surface area contributed by atoms with Crippen LogP contribution in [0.4, 0.5) is 5.69 Å². The smallest absolute Gasteiger partial charge is 0.0772 e. The molecule has 3 unspecified atom stereocenters. The van der Waals surface area contributed by atoms with E-state index in [1.165, 1.54) is 12.1 Å². The van der Waals surface area contributed by atoms with Gasteiger partial charge in [-0.1, -0.05) is 35.8 Å². The van der Waals surface area contributed by atoms with Crippen LogP contribution >= 0.6 is 15.9 Å². The normalized spacial score (nSPS) is 29.4. The fourth-order valence-electron chi connectivity index (χ4n) is 3.09. The number of halogens is 1. The number of hydrogen-bond donors (Lipinski definition) is 1. The quantitative estimate of drug-likeness (QED) is 0.872. The molecule has 1 fully saturated rings. The molecule has 1 saturated heterocycles. The van der Waals surface area contributed by atoms with E-state index in [-0.39, 0.29) is 0 Å². The third-order valence-electron chi connectivity index (χ3n) is 4.36. The van der Waals surface area contributed by atoms with Crippen molar-refractivity contribution in [2.24, 2.45) is 11.8 Å². The van der Waals surface area contributed by atoms with Crippen LogP contribution in [0.3, 0.4) is 0 Å². The topological polar surface area (TPSA) is 23.5 Å². The largest absolute Gasteiger partial charge is 0.389 e. The molecule has 0 aromatic heterocycles. The molecule has 1 N–H and O–H groups in total. The Morgan fingerprint density at radius 2 is 2.00 bits per heavy atom. The number of nitrogens with zero attached hydrogens (tertiary/aromatic N) is 1. The van der Waals surface area contributed by atoms with Gasteiger partial charge in [-0.2, -0.15) is 0 Å². The van der Waals surface area contributed by atoms with E-state index in [1.54, 1.807) is 6.92 Å². The summed E-state index contributed by atoms with van der Waals surface area (Å²) in [6, 6.07) is 6.87. The molecule has 1 heterocycles. The number of anilines is 1. The molecule has 0 spiro atoms. The molecule has 1 aliphatic rings. The first kappa shape index (κ1) is 14.9. The molecule has 2 nitrogen and oxygen atoms in total. The van der Waals surface area contributed by atoms with E-state index >= 15 is 0 Å². The zero-order chi connectivity index (χ0) is 14.2. The minimum absolute atomic E-state index is 0.431. The molecule has 3 heteroatoms. The van der Waals surface area contributed by atoms with Crippen LogP contribution in [0.15, 0.2) is 22.7 Å². The van der Waals surface area contributed by atoms with Crippen molar-refractivity contribution < 1.29 is 5.11 Å². The number of piperidine rings is 1. The molecule has 19 heavy (non-hydrogen) atoms. The van der Waals surface area contributed by atoms with Crippen LogP contribution in [-0.4, -0.2) is 17.7 Å². The highest BCUT2D eigenvalue weighted by Crippen LogP contribution is 2.34. The maximum absolute atomic E-state index is 9.70. The van der Waals surface area contributed by atoms with E-state index in [9.17, 15) is 5.11 Å². The van der Waals surface area contributed by atoms with E-state index < -0.39 is 6.10 Å². The molecular weight excluding hydrogens is 302 g/mol. The highest BCUT2D eigenvalue weighted by molar-refractivity contribution is 9.10. The van der Waals surface area contributed by atoms with Gasteiger partial charge >= 0.3 is 0 Å². The van der Waals surface area contributed by atoms with Gasteiger partial charge in [0.05, 0.1) is 6.10 Å². The van der Waals surface area contributed by atoms with Gasteiger partial charge in [0.1, 0.15) is 0 Å². The van der Waals surface area contributed by atoms with Crippen molar-refractivity contribution in [1.29, 1.82) is 0 Å². The van der Waals surface area contributed by atoms with Gasteiger partial charge in [0, 0.05) is 22.7 Å². The summed E-state index contributed by atoms with van der Waals surface area (Å²) in [6.45, 7) is 9.90. The first-order chi connectivity index (χ1) is 8.90. The molecule has 0 aliphatic carbocycles. The van der Waals surface area contributed by atoms with Gasteiger partial charge < -0.3 is 10.0 Å². The van der Waals surface area contributed by atoms with Crippen molar-refractivity contribution in [1.82, 2.24) is 0 Å². The minimum Gasteiger partial charge on any atom is -0.389 e. The second kappa shape index (κ2) is 5.84. The summed E-state index contributed by atoms with van der Waals surface area (Å²) >= 11 is 3.58. The number of aliphatic hydroxyl groups excluding tert-OH is 1. The van der Waals surface area contributed by atoms with Gasteiger partial charge in [-0.15, -0.1) is 0 Å². The lowest BCUT2D eigenvalue weighted by atomic mass is 9.85. The van der Waals surface area contributed by atoms with Crippen LogP contribution in [-0.2, 0) is 0 Å². The lowest BCUT2D eigenvalue weighted by Crippen LogP contribution is -2.45. The lowest BCUT2D eigenvalue weighted by Gasteiger charge is -2.42. The van der Waals surface area contributed by atoms with Crippen LogP contribution in [0.5, 0.6) is 0 Å². The minimum atomic E-state index is -0.431. The predicted molar refractivity (Wildman–Crippen MR) is 84.5 cm³/mol. The Labute approximate surface area is 124 Å². The summed E-state index contributed by atoms with van der Waals surface area (Å²) in [5.41, 5.74) is 2.21. The van der Waals surface area contributed by atoms with Crippen LogP contribution in [0.1, 0.15) is 45.8 Å². The summed E-state index contributed by atoms with van der Waals surface area (Å²) in [5.74, 6) is 1.46. The molecule has 0 radical (unpaired) electrons. The van der Waals surface area contributed by atoms with Crippen molar-refractivity contribution in [3.05, 3.63) is 28.2 Å². The lowest BCUT2D eigenvalue weighted by molar-refractivity contribution is 0.198. The molecule has 0 saturated carbocycles. The highest BCUT2D eigenvalue weighted by Gasteiger charge is 2.29. The average molecular weight is 326 g/mol. The number of hydrogen-bond acceptors (Lipinski definition) is 2. The van der Waals surface area contributed by atoms with E-state index in [0.717, 1.165) is 28.4 Å². The monoisotopic (exact) mass is 325 g/mol. The first-order valence-electron chi connectivity index (χ1n) is 7.14. The first-order valence-corrected chi connectivity index (χ1v) is 7.93. The van der Waals surface area contributed by atoms with Gasteiger partial charge in [-0.3, -0.25) is 0 Å². The molecule has 0 amide bonds. The van der Waals surface area contributed by atoms with E-state index in [0.29, 0.717) is 6.04 Å². The summed E-state index contributed by atoms with van der Waals surface area (Å²) in [4.78, 5) is 2.50. The SMILES string of the molecule is CC1CC(C)C(C)N(c2ccc([C@@H](C)O)c(Br)c2)C1. The molecule has 2 rings (SSSR count). The fraction of sp³-hybridized carbons (Fsp3) is 0.625. The summed E-state index contributed by atoms with van der Waals surface area (Å²) in [6.07, 6.45) is 0.880. The second-order valence-electron chi connectivity index (χ2n) is 6.09. The zero-order valence-corrected chi connectivity index (χ0v) is 13.8. The summed E-state index contributed by atoms with van der Waals surface area (Å²) < 4.78 is 0.998. The summed E-state index contributed by atoms with van der Waals surface area (Å²) in [7, 11) is 0. The fourth-order valence-corrected chi connectivity index (χ4v) is 3.79. The van der Waals surface area contributed by atoms with E-state index in [1.807, 2.05) is 6.07 Å². The molecule has 1 aliphatic heterocycles. The molecule has 1 aromatic carbocycles. The standard InChI is InChI=1S/C16H24BrNO/c1-10-7-11(2)12(3)18(9-10)14-5-6-15(13(4)19)16(17)8-14/h5-6,8,10-13,19H,7,9H2,1-4H3/t10?,11?,12?,13-/m1/s1. The molecule has 106 valence electrons. The Morgan fingerprint density at radius 1 is 1.32 bits per heavy atom. The van der Waals surface area contributed by atoms with Crippen LogP contribution < -0.4 is 4.90 Å². The Bertz CT molecular complexity index is 446. The highest BCUT2D eigenvalue weighted by atomic mass is 79.9. The van der Waals surface area contributed by atoms with Gasteiger partial charge in [-0.05, 0) is 49.8 Å². The van der Waals surface area contributed by atoms with Gasteiger partial charge in [0.15, 0.2) is 0 Å². The van der Waals surface area contributed by atoms with E-state index in [4.69, 9.17) is 0 Å². The van der Waals surface area contributed by atoms with Gasteiger partial charge in [0.25, 0.3) is 0 Å². The third-order valence-corrected chi connectivity index (χ3v) is 5.05. The number of benzene rings is 1. The van der Waals surface area contributed by atoms with Gasteiger partial charge in [-0.25, -0.2) is 0 Å². The van der Waals surface area contributed by atoms with Crippen molar-refractivity contribution >= 4 is 21.6 Å². The number of aliphatic hydroxyl groups is 1. The van der Waals surface area contributed by atoms with Crippen LogP contribution in [0.2, 0.25) is 0 Å². The average Bonchev–Trinajstić information content (AvgIpc) is 2.33. The van der Waals surface area contributed by atoms with Crippen molar-refractivity contribution in [3.8, 4) is 0 Å². The van der Waals surface area contributed by atoms with Crippen molar-refractivity contribution in [2.45, 2.75) is 46.3 Å². The molecule has 1 aromatic rings. The van der Waals surface area contributed by atoms with Crippen molar-refractivity contribution in [2.75, 3.05) is 11.4 Å². The van der Waals surface area contributed by atoms with E-state index in [2.05, 4.69) is 53.7 Å². The predicted octanol–water partition coefficient (Wildman–Crippen LogP) is 4.37. The Morgan fingerprint density at radius 3 is 2.58 bits per heavy atom. The third kappa shape index (κ3) is 3.14. The Hall–Kier alpha value is -0.540. The second-order valence-corrected chi connectivity index (χ2v) is 6.95. The number of rotatable bonds is 2. The van der Waals surface area contributed by atoms with Crippen LogP contribution in [0, 0.1) is 11.8 Å². The molecular formula is C16H24BrNO.